The Morgan fingerprint density at radius 1 is 1.32 bits per heavy atom. The van der Waals surface area contributed by atoms with Crippen LogP contribution in [0.5, 0.6) is 0 Å². The van der Waals surface area contributed by atoms with Gasteiger partial charge in [-0.25, -0.2) is 4.79 Å². The molecule has 0 aliphatic heterocycles. The van der Waals surface area contributed by atoms with Gasteiger partial charge in [-0.1, -0.05) is 20.8 Å². The number of carbonyl (C=O) groups excluding carboxylic acids is 1. The molecule has 112 valence electrons. The van der Waals surface area contributed by atoms with Crippen LogP contribution in [0.4, 0.5) is 4.79 Å². The molecule has 19 heavy (non-hydrogen) atoms. The zero-order chi connectivity index (χ0) is 15.1. The van der Waals surface area contributed by atoms with Gasteiger partial charge in [0, 0.05) is 19.6 Å². The molecule has 0 rings (SSSR count). The maximum atomic E-state index is 11.8. The predicted molar refractivity (Wildman–Crippen MR) is 72.9 cm³/mol. The number of aliphatic carboxylic acids is 1. The third-order valence-corrected chi connectivity index (χ3v) is 2.75. The first-order chi connectivity index (χ1) is 8.71. The minimum atomic E-state index is -0.902. The fourth-order valence-electron chi connectivity index (χ4n) is 1.83. The summed E-state index contributed by atoms with van der Waals surface area (Å²) in [4.78, 5) is 24.4. The highest BCUT2D eigenvalue weighted by atomic mass is 16.4. The van der Waals surface area contributed by atoms with Crippen LogP contribution < -0.4 is 5.32 Å². The molecule has 1 atom stereocenters. The lowest BCUT2D eigenvalue weighted by Crippen LogP contribution is -2.44. The molecule has 0 aliphatic rings. The molecule has 0 bridgehead atoms. The first kappa shape index (κ1) is 17.7. The summed E-state index contributed by atoms with van der Waals surface area (Å²) in [7, 11) is 0. The predicted octanol–water partition coefficient (Wildman–Crippen LogP) is 1.15. The van der Waals surface area contributed by atoms with Crippen molar-refractivity contribution in [2.75, 3.05) is 26.2 Å². The molecule has 6 nitrogen and oxygen atoms in total. The second-order valence-electron chi connectivity index (χ2n) is 5.79. The molecule has 6 heteroatoms. The van der Waals surface area contributed by atoms with E-state index >= 15 is 0 Å². The summed E-state index contributed by atoms with van der Waals surface area (Å²) in [6.45, 7) is 8.43. The summed E-state index contributed by atoms with van der Waals surface area (Å²) >= 11 is 0. The largest absolute Gasteiger partial charge is 0.481 e. The maximum Gasteiger partial charge on any atom is 0.317 e. The van der Waals surface area contributed by atoms with Crippen LogP contribution in [0.25, 0.3) is 0 Å². The Morgan fingerprint density at radius 3 is 2.26 bits per heavy atom. The Hall–Kier alpha value is -1.30. The van der Waals surface area contributed by atoms with E-state index in [1.165, 1.54) is 4.90 Å². The van der Waals surface area contributed by atoms with Crippen molar-refractivity contribution in [3.8, 4) is 0 Å². The number of carboxylic acids is 1. The molecule has 0 radical (unpaired) electrons. The van der Waals surface area contributed by atoms with Gasteiger partial charge in [0.15, 0.2) is 0 Å². The van der Waals surface area contributed by atoms with Crippen molar-refractivity contribution in [2.45, 2.75) is 34.1 Å². The number of hydrogen-bond donors (Lipinski definition) is 3. The molecule has 2 amide bonds. The quantitative estimate of drug-likeness (QED) is 0.649. The van der Waals surface area contributed by atoms with E-state index in [-0.39, 0.29) is 31.1 Å². The van der Waals surface area contributed by atoms with Crippen LogP contribution in [0.1, 0.15) is 34.1 Å². The zero-order valence-corrected chi connectivity index (χ0v) is 12.3. The maximum absolute atomic E-state index is 11.8. The van der Waals surface area contributed by atoms with Gasteiger partial charge >= 0.3 is 12.0 Å². The molecule has 0 aromatic heterocycles. The van der Waals surface area contributed by atoms with Gasteiger partial charge in [0.1, 0.15) is 0 Å². The number of hydrogen-bond acceptors (Lipinski definition) is 3. The summed E-state index contributed by atoms with van der Waals surface area (Å²) in [6.07, 6.45) is 0.495. The molecule has 0 aliphatic carbocycles. The van der Waals surface area contributed by atoms with E-state index in [0.29, 0.717) is 13.0 Å². The molecule has 3 N–H and O–H groups in total. The van der Waals surface area contributed by atoms with Gasteiger partial charge in [0.25, 0.3) is 0 Å². The highest BCUT2D eigenvalue weighted by Crippen LogP contribution is 2.24. The molecular weight excluding hydrogens is 248 g/mol. The molecule has 0 aromatic rings. The van der Waals surface area contributed by atoms with Gasteiger partial charge < -0.3 is 20.4 Å². The van der Waals surface area contributed by atoms with Gasteiger partial charge in [-0.2, -0.15) is 0 Å². The summed E-state index contributed by atoms with van der Waals surface area (Å²) < 4.78 is 0. The number of aliphatic hydroxyl groups excluding tert-OH is 1. The minimum absolute atomic E-state index is 0.105. The molecule has 0 saturated carbocycles. The Morgan fingerprint density at radius 2 is 1.89 bits per heavy atom. The monoisotopic (exact) mass is 274 g/mol. The molecule has 0 aromatic carbocycles. The first-order valence-electron chi connectivity index (χ1n) is 6.57. The molecule has 0 fully saturated rings. The standard InChI is InChI=1S/C13H26N2O4/c1-5-15(6-7-16)12(19)14-9-10(11(17)18)8-13(2,3)4/h10,16H,5-9H2,1-4H3,(H,14,19)(H,17,18). The number of carbonyl (C=O) groups is 2. The fraction of sp³-hybridized carbons (Fsp3) is 0.846. The van der Waals surface area contributed by atoms with Crippen molar-refractivity contribution in [3.05, 3.63) is 0 Å². The number of nitrogens with one attached hydrogen (secondary N) is 1. The Labute approximate surface area is 114 Å². The average Bonchev–Trinajstić information content (AvgIpc) is 2.29. The molecule has 0 spiro atoms. The van der Waals surface area contributed by atoms with E-state index < -0.39 is 11.9 Å². The van der Waals surface area contributed by atoms with E-state index in [1.54, 1.807) is 6.92 Å². The molecule has 1 unspecified atom stereocenters. The average molecular weight is 274 g/mol. The number of aliphatic hydroxyl groups is 1. The van der Waals surface area contributed by atoms with Gasteiger partial charge in [-0.3, -0.25) is 4.79 Å². The number of nitrogens with zero attached hydrogens (tertiary/aromatic N) is 1. The van der Waals surface area contributed by atoms with E-state index in [0.717, 1.165) is 0 Å². The van der Waals surface area contributed by atoms with Gasteiger partial charge in [0.2, 0.25) is 0 Å². The first-order valence-corrected chi connectivity index (χ1v) is 6.57. The van der Waals surface area contributed by atoms with Crippen molar-refractivity contribution >= 4 is 12.0 Å². The summed E-state index contributed by atoms with van der Waals surface area (Å²) in [5.41, 5.74) is -0.108. The van der Waals surface area contributed by atoms with Gasteiger partial charge in [0.05, 0.1) is 12.5 Å². The van der Waals surface area contributed by atoms with Crippen LogP contribution in [0.2, 0.25) is 0 Å². The lowest BCUT2D eigenvalue weighted by atomic mass is 9.84. The summed E-state index contributed by atoms with van der Waals surface area (Å²) in [6, 6.07) is -0.336. The van der Waals surface area contributed by atoms with E-state index in [4.69, 9.17) is 10.2 Å². The van der Waals surface area contributed by atoms with Crippen molar-refractivity contribution in [2.24, 2.45) is 11.3 Å². The van der Waals surface area contributed by atoms with Gasteiger partial charge in [-0.15, -0.1) is 0 Å². The Kier molecular flexibility index (Phi) is 7.44. The van der Waals surface area contributed by atoms with Crippen molar-refractivity contribution in [1.82, 2.24) is 10.2 Å². The van der Waals surface area contributed by atoms with E-state index in [1.807, 2.05) is 20.8 Å². The molecule has 0 heterocycles. The normalized spacial score (nSPS) is 12.9. The summed E-state index contributed by atoms with van der Waals surface area (Å²) in [5.74, 6) is -1.50. The second-order valence-corrected chi connectivity index (χ2v) is 5.79. The molecular formula is C13H26N2O4. The van der Waals surface area contributed by atoms with Crippen LogP contribution in [0, 0.1) is 11.3 Å². The lowest BCUT2D eigenvalue weighted by Gasteiger charge is -2.25. The minimum Gasteiger partial charge on any atom is -0.481 e. The van der Waals surface area contributed by atoms with Crippen molar-refractivity contribution in [3.63, 3.8) is 0 Å². The van der Waals surface area contributed by atoms with Crippen molar-refractivity contribution < 1.29 is 19.8 Å². The number of likely N-dealkylation sites (N-methyl/N-ethyl adjacent to an activating group) is 1. The third-order valence-electron chi connectivity index (χ3n) is 2.75. The fourth-order valence-corrected chi connectivity index (χ4v) is 1.83. The van der Waals surface area contributed by atoms with E-state index in [9.17, 15) is 9.59 Å². The van der Waals surface area contributed by atoms with Crippen LogP contribution in [0.3, 0.4) is 0 Å². The highest BCUT2D eigenvalue weighted by molar-refractivity contribution is 5.76. The number of carboxylic acid groups (broad SMARTS) is 1. The zero-order valence-electron chi connectivity index (χ0n) is 12.3. The second kappa shape index (κ2) is 7.99. The number of urea groups is 1. The van der Waals surface area contributed by atoms with Crippen LogP contribution in [0.15, 0.2) is 0 Å². The highest BCUT2D eigenvalue weighted by Gasteiger charge is 2.25. The van der Waals surface area contributed by atoms with Crippen LogP contribution in [-0.2, 0) is 4.79 Å². The smallest absolute Gasteiger partial charge is 0.317 e. The Balaban J connectivity index is 4.39. The topological polar surface area (TPSA) is 89.9 Å². The Bertz CT molecular complexity index is 300. The number of rotatable bonds is 7. The summed E-state index contributed by atoms with van der Waals surface area (Å²) in [5, 5.41) is 20.6. The number of amides is 2. The third kappa shape index (κ3) is 7.66. The SMILES string of the molecule is CCN(CCO)C(=O)NCC(CC(C)(C)C)C(=O)O. The van der Waals surface area contributed by atoms with Crippen LogP contribution >= 0.6 is 0 Å². The van der Waals surface area contributed by atoms with Crippen molar-refractivity contribution in [1.29, 1.82) is 0 Å². The van der Waals surface area contributed by atoms with Crippen LogP contribution in [-0.4, -0.2) is 53.4 Å². The van der Waals surface area contributed by atoms with Gasteiger partial charge in [-0.05, 0) is 18.8 Å². The van der Waals surface area contributed by atoms with E-state index in [2.05, 4.69) is 5.32 Å². The lowest BCUT2D eigenvalue weighted by molar-refractivity contribution is -0.142. The molecule has 0 saturated heterocycles.